The Morgan fingerprint density at radius 1 is 1.43 bits per heavy atom. The number of halogens is 1. The highest BCUT2D eigenvalue weighted by Crippen LogP contribution is 2.20. The van der Waals surface area contributed by atoms with Crippen LogP contribution in [0, 0.1) is 6.92 Å². The lowest BCUT2D eigenvalue weighted by Crippen LogP contribution is -2.17. The third-order valence-corrected chi connectivity index (χ3v) is 3.12. The lowest BCUT2D eigenvalue weighted by molar-refractivity contribution is -0.101. The topological polar surface area (TPSA) is 31.4 Å². The third-order valence-electron chi connectivity index (χ3n) is 2.04. The minimum atomic E-state index is -0.236. The zero-order valence-corrected chi connectivity index (χ0v) is 10.2. The Balaban J connectivity index is 2.80. The zero-order chi connectivity index (χ0) is 10.6. The number of hydrogen-bond acceptors (Lipinski definition) is 3. The molecule has 3 nitrogen and oxygen atoms in total. The first-order valence-corrected chi connectivity index (χ1v) is 5.14. The van der Waals surface area contributed by atoms with Crippen LogP contribution < -0.4 is 0 Å². The van der Waals surface area contributed by atoms with Crippen LogP contribution in [0.25, 0.3) is 0 Å². The van der Waals surface area contributed by atoms with Crippen LogP contribution in [-0.2, 0) is 15.9 Å². The van der Waals surface area contributed by atoms with Gasteiger partial charge in [0.1, 0.15) is 0 Å². The predicted molar refractivity (Wildman–Crippen MR) is 58.2 cm³/mol. The highest BCUT2D eigenvalue weighted by atomic mass is 79.9. The van der Waals surface area contributed by atoms with Crippen molar-refractivity contribution in [3.63, 3.8) is 0 Å². The van der Waals surface area contributed by atoms with Gasteiger partial charge in [0.15, 0.2) is 6.29 Å². The van der Waals surface area contributed by atoms with E-state index in [4.69, 9.17) is 9.47 Å². The van der Waals surface area contributed by atoms with Crippen LogP contribution >= 0.6 is 15.9 Å². The van der Waals surface area contributed by atoms with Gasteiger partial charge in [-0.1, -0.05) is 0 Å². The highest BCUT2D eigenvalue weighted by molar-refractivity contribution is 9.10. The molecule has 0 amide bonds. The average molecular weight is 260 g/mol. The van der Waals surface area contributed by atoms with E-state index in [1.54, 1.807) is 20.4 Å². The van der Waals surface area contributed by atoms with Gasteiger partial charge in [0, 0.05) is 31.3 Å². The molecule has 0 atom stereocenters. The van der Waals surface area contributed by atoms with Gasteiger partial charge in [-0.2, -0.15) is 0 Å². The first-order chi connectivity index (χ1) is 6.69. The van der Waals surface area contributed by atoms with Gasteiger partial charge in [-0.05, 0) is 34.5 Å². The fraction of sp³-hybridized carbons (Fsp3) is 0.500. The Hall–Kier alpha value is -0.450. The molecular weight excluding hydrogens is 246 g/mol. The summed E-state index contributed by atoms with van der Waals surface area (Å²) in [6.07, 6.45) is 2.20. The molecule has 0 saturated heterocycles. The minimum absolute atomic E-state index is 0.236. The molecule has 0 saturated carbocycles. The second kappa shape index (κ2) is 5.44. The third kappa shape index (κ3) is 2.77. The molecule has 1 aromatic heterocycles. The van der Waals surface area contributed by atoms with E-state index in [1.807, 2.05) is 13.0 Å². The van der Waals surface area contributed by atoms with Gasteiger partial charge < -0.3 is 9.47 Å². The van der Waals surface area contributed by atoms with E-state index in [0.717, 1.165) is 10.2 Å². The molecule has 1 aromatic rings. The number of aromatic nitrogens is 1. The monoisotopic (exact) mass is 259 g/mol. The molecule has 0 fully saturated rings. The van der Waals surface area contributed by atoms with Crippen LogP contribution in [0.5, 0.6) is 0 Å². The van der Waals surface area contributed by atoms with Gasteiger partial charge in [0.25, 0.3) is 0 Å². The summed E-state index contributed by atoms with van der Waals surface area (Å²) in [7, 11) is 3.25. The van der Waals surface area contributed by atoms with E-state index >= 15 is 0 Å². The Morgan fingerprint density at radius 3 is 2.64 bits per heavy atom. The quantitative estimate of drug-likeness (QED) is 0.778. The van der Waals surface area contributed by atoms with Gasteiger partial charge in [-0.3, -0.25) is 4.98 Å². The smallest absolute Gasteiger partial charge is 0.162 e. The summed E-state index contributed by atoms with van der Waals surface area (Å²) in [6, 6.07) is 1.96. The number of hydrogen-bond donors (Lipinski definition) is 0. The molecule has 0 aliphatic carbocycles. The number of methoxy groups -OCH3 is 2. The SMILES string of the molecule is COC(Cc1nccc(C)c1Br)OC. The summed E-state index contributed by atoms with van der Waals surface area (Å²) in [5, 5.41) is 0. The lowest BCUT2D eigenvalue weighted by atomic mass is 10.2. The van der Waals surface area contributed by atoms with Gasteiger partial charge in [-0.25, -0.2) is 0 Å². The fourth-order valence-electron chi connectivity index (χ4n) is 1.16. The summed E-state index contributed by atoms with van der Waals surface area (Å²) < 4.78 is 11.3. The van der Waals surface area contributed by atoms with Gasteiger partial charge >= 0.3 is 0 Å². The van der Waals surface area contributed by atoms with Crippen molar-refractivity contribution in [1.29, 1.82) is 0 Å². The summed E-state index contributed by atoms with van der Waals surface area (Å²) in [4.78, 5) is 4.27. The summed E-state index contributed by atoms with van der Waals surface area (Å²) in [5.74, 6) is 0. The van der Waals surface area contributed by atoms with Crippen molar-refractivity contribution in [3.05, 3.63) is 28.0 Å². The van der Waals surface area contributed by atoms with Gasteiger partial charge in [-0.15, -0.1) is 0 Å². The molecule has 0 unspecified atom stereocenters. The van der Waals surface area contributed by atoms with E-state index in [-0.39, 0.29) is 6.29 Å². The second-order valence-electron chi connectivity index (χ2n) is 2.99. The maximum absolute atomic E-state index is 5.12. The van der Waals surface area contributed by atoms with Crippen molar-refractivity contribution in [3.8, 4) is 0 Å². The molecule has 0 aromatic carbocycles. The first kappa shape index (κ1) is 11.6. The summed E-state index contributed by atoms with van der Waals surface area (Å²) in [5.41, 5.74) is 2.12. The van der Waals surface area contributed by atoms with Crippen LogP contribution in [0.3, 0.4) is 0 Å². The summed E-state index contributed by atoms with van der Waals surface area (Å²) in [6.45, 7) is 2.03. The predicted octanol–water partition coefficient (Wildman–Crippen LogP) is 2.31. The molecule has 1 rings (SSSR count). The maximum Gasteiger partial charge on any atom is 0.162 e. The van der Waals surface area contributed by atoms with E-state index in [9.17, 15) is 0 Å². The molecule has 0 spiro atoms. The van der Waals surface area contributed by atoms with Crippen LogP contribution in [0.15, 0.2) is 16.7 Å². The van der Waals surface area contributed by atoms with Gasteiger partial charge in [0.05, 0.1) is 5.69 Å². The Bertz CT molecular complexity index is 300. The molecular formula is C10H14BrNO2. The average Bonchev–Trinajstić information content (AvgIpc) is 2.20. The second-order valence-corrected chi connectivity index (χ2v) is 3.79. The molecule has 0 N–H and O–H groups in total. The first-order valence-electron chi connectivity index (χ1n) is 4.34. The maximum atomic E-state index is 5.12. The van der Waals surface area contributed by atoms with Gasteiger partial charge in [0.2, 0.25) is 0 Å². The van der Waals surface area contributed by atoms with Crippen molar-refractivity contribution in [2.75, 3.05) is 14.2 Å². The number of rotatable bonds is 4. The van der Waals surface area contributed by atoms with Crippen LogP contribution in [0.2, 0.25) is 0 Å². The molecule has 4 heteroatoms. The number of aryl methyl sites for hydroxylation is 1. The standard InChI is InChI=1S/C10H14BrNO2/c1-7-4-5-12-8(10(7)11)6-9(13-2)14-3/h4-5,9H,6H2,1-3H3. The van der Waals surface area contributed by atoms with Crippen LogP contribution in [-0.4, -0.2) is 25.5 Å². The van der Waals surface area contributed by atoms with E-state index in [0.29, 0.717) is 6.42 Å². The number of pyridine rings is 1. The van der Waals surface area contributed by atoms with Crippen molar-refractivity contribution in [2.45, 2.75) is 19.6 Å². The normalized spacial score (nSPS) is 10.9. The molecule has 0 aliphatic rings. The molecule has 0 bridgehead atoms. The van der Waals surface area contributed by atoms with Crippen molar-refractivity contribution in [2.24, 2.45) is 0 Å². The van der Waals surface area contributed by atoms with E-state index in [1.165, 1.54) is 5.56 Å². The van der Waals surface area contributed by atoms with Crippen LogP contribution in [0.4, 0.5) is 0 Å². The fourth-order valence-corrected chi connectivity index (χ4v) is 1.56. The number of ether oxygens (including phenoxy) is 2. The minimum Gasteiger partial charge on any atom is -0.356 e. The molecule has 14 heavy (non-hydrogen) atoms. The number of nitrogens with zero attached hydrogens (tertiary/aromatic N) is 1. The van der Waals surface area contributed by atoms with E-state index < -0.39 is 0 Å². The highest BCUT2D eigenvalue weighted by Gasteiger charge is 2.11. The zero-order valence-electron chi connectivity index (χ0n) is 8.58. The molecule has 1 heterocycles. The van der Waals surface area contributed by atoms with Crippen molar-refractivity contribution >= 4 is 15.9 Å². The molecule has 0 aliphatic heterocycles. The van der Waals surface area contributed by atoms with E-state index in [2.05, 4.69) is 20.9 Å². The Labute approximate surface area is 92.6 Å². The Kier molecular flexibility index (Phi) is 4.51. The largest absolute Gasteiger partial charge is 0.356 e. The molecule has 0 radical (unpaired) electrons. The molecule has 78 valence electrons. The lowest BCUT2D eigenvalue weighted by Gasteiger charge is -2.14. The Morgan fingerprint density at radius 2 is 2.07 bits per heavy atom. The van der Waals surface area contributed by atoms with Crippen molar-refractivity contribution in [1.82, 2.24) is 4.98 Å². The summed E-state index contributed by atoms with van der Waals surface area (Å²) >= 11 is 3.49. The van der Waals surface area contributed by atoms with Crippen LogP contribution in [0.1, 0.15) is 11.3 Å². The van der Waals surface area contributed by atoms with Crippen molar-refractivity contribution < 1.29 is 9.47 Å².